The maximum atomic E-state index is 12.2. The predicted octanol–water partition coefficient (Wildman–Crippen LogP) is 4.32. The van der Waals surface area contributed by atoms with Crippen LogP contribution in [0.4, 0.5) is 0 Å². The topological polar surface area (TPSA) is 35.5 Å². The molecule has 1 aromatic rings. The van der Waals surface area contributed by atoms with Crippen LogP contribution in [0.3, 0.4) is 0 Å². The number of carbonyl (C=O) groups is 1. The van der Waals surface area contributed by atoms with Crippen LogP contribution in [0.5, 0.6) is 0 Å². The Morgan fingerprint density at radius 1 is 1.05 bits per heavy atom. The van der Waals surface area contributed by atoms with Crippen LogP contribution in [0.25, 0.3) is 0 Å². The number of rotatable bonds is 11. The fourth-order valence-electron chi connectivity index (χ4n) is 2.31. The number of unbranched alkanes of at least 4 members (excludes halogenated alkanes) is 5. The van der Waals surface area contributed by atoms with Gasteiger partial charge in [-0.05, 0) is 12.0 Å². The first-order valence-electron chi connectivity index (χ1n) is 8.00. The van der Waals surface area contributed by atoms with E-state index in [0.717, 1.165) is 18.4 Å². The van der Waals surface area contributed by atoms with Crippen molar-refractivity contribution in [3.63, 3.8) is 0 Å². The maximum Gasteiger partial charge on any atom is 0.315 e. The number of benzene rings is 1. The third-order valence-corrected chi connectivity index (χ3v) is 3.56. The fraction of sp³-hybridized carbons (Fsp3) is 0.611. The van der Waals surface area contributed by atoms with Gasteiger partial charge < -0.3 is 9.47 Å². The summed E-state index contributed by atoms with van der Waals surface area (Å²) >= 11 is 0. The molecule has 0 amide bonds. The van der Waals surface area contributed by atoms with E-state index in [9.17, 15) is 4.79 Å². The van der Waals surface area contributed by atoms with Crippen molar-refractivity contribution in [2.75, 3.05) is 20.3 Å². The lowest BCUT2D eigenvalue weighted by molar-refractivity contribution is -0.146. The molecule has 3 heteroatoms. The van der Waals surface area contributed by atoms with Gasteiger partial charge in [-0.1, -0.05) is 69.4 Å². The van der Waals surface area contributed by atoms with E-state index >= 15 is 0 Å². The molecule has 0 bridgehead atoms. The quantitative estimate of drug-likeness (QED) is 0.450. The first-order valence-corrected chi connectivity index (χ1v) is 8.00. The smallest absolute Gasteiger partial charge is 0.315 e. The average Bonchev–Trinajstić information content (AvgIpc) is 2.52. The molecule has 21 heavy (non-hydrogen) atoms. The third kappa shape index (κ3) is 7.28. The zero-order valence-corrected chi connectivity index (χ0v) is 13.3. The molecule has 0 aromatic heterocycles. The van der Waals surface area contributed by atoms with Gasteiger partial charge in [-0.15, -0.1) is 0 Å². The number of hydrogen-bond acceptors (Lipinski definition) is 3. The molecule has 0 N–H and O–H groups in total. The highest BCUT2D eigenvalue weighted by atomic mass is 16.5. The van der Waals surface area contributed by atoms with Crippen LogP contribution >= 0.6 is 0 Å². The lowest BCUT2D eigenvalue weighted by atomic mass is 10.0. The van der Waals surface area contributed by atoms with Gasteiger partial charge in [0.1, 0.15) is 5.92 Å². The molecule has 1 unspecified atom stereocenters. The minimum Gasteiger partial charge on any atom is -0.465 e. The van der Waals surface area contributed by atoms with Gasteiger partial charge in [0, 0.05) is 7.11 Å². The summed E-state index contributed by atoms with van der Waals surface area (Å²) in [7, 11) is 1.61. The molecule has 0 spiro atoms. The molecule has 118 valence electrons. The monoisotopic (exact) mass is 292 g/mol. The van der Waals surface area contributed by atoms with Gasteiger partial charge in [0.25, 0.3) is 0 Å². The van der Waals surface area contributed by atoms with Gasteiger partial charge in [0.15, 0.2) is 0 Å². The summed E-state index contributed by atoms with van der Waals surface area (Å²) in [5.41, 5.74) is 0.951. The summed E-state index contributed by atoms with van der Waals surface area (Å²) in [6.45, 7) is 3.08. The van der Waals surface area contributed by atoms with Gasteiger partial charge in [0.05, 0.1) is 13.2 Å². The highest BCUT2D eigenvalue weighted by Gasteiger charge is 2.21. The van der Waals surface area contributed by atoms with E-state index in [1.807, 2.05) is 30.3 Å². The second kappa shape index (κ2) is 11.3. The maximum absolute atomic E-state index is 12.2. The third-order valence-electron chi connectivity index (χ3n) is 3.56. The summed E-state index contributed by atoms with van der Waals surface area (Å²) in [6, 6.07) is 9.68. The van der Waals surface area contributed by atoms with Gasteiger partial charge in [0.2, 0.25) is 0 Å². The molecule has 0 saturated carbocycles. The van der Waals surface area contributed by atoms with Crippen molar-refractivity contribution in [1.29, 1.82) is 0 Å². The zero-order valence-electron chi connectivity index (χ0n) is 13.3. The van der Waals surface area contributed by atoms with Crippen LogP contribution in [0.15, 0.2) is 30.3 Å². The number of ether oxygens (including phenoxy) is 2. The summed E-state index contributed by atoms with van der Waals surface area (Å²) < 4.78 is 10.5. The van der Waals surface area contributed by atoms with Crippen LogP contribution < -0.4 is 0 Å². The molecule has 0 fully saturated rings. The van der Waals surface area contributed by atoms with Crippen molar-refractivity contribution in [2.45, 2.75) is 51.4 Å². The minimum atomic E-state index is -0.323. The van der Waals surface area contributed by atoms with Crippen LogP contribution in [0, 0.1) is 0 Å². The lowest BCUT2D eigenvalue weighted by Crippen LogP contribution is -2.20. The van der Waals surface area contributed by atoms with Crippen molar-refractivity contribution >= 4 is 5.97 Å². The van der Waals surface area contributed by atoms with Crippen molar-refractivity contribution in [1.82, 2.24) is 0 Å². The molecule has 1 rings (SSSR count). The van der Waals surface area contributed by atoms with E-state index in [1.54, 1.807) is 7.11 Å². The fourth-order valence-corrected chi connectivity index (χ4v) is 2.31. The van der Waals surface area contributed by atoms with Gasteiger partial charge >= 0.3 is 5.97 Å². The van der Waals surface area contributed by atoms with E-state index in [1.165, 1.54) is 25.7 Å². The normalized spacial score (nSPS) is 12.1. The molecule has 0 radical (unpaired) electrons. The molecule has 3 nitrogen and oxygen atoms in total. The number of esters is 1. The van der Waals surface area contributed by atoms with E-state index in [-0.39, 0.29) is 11.9 Å². The second-order valence-corrected chi connectivity index (χ2v) is 5.35. The Kier molecular flexibility index (Phi) is 9.55. The Morgan fingerprint density at radius 2 is 1.71 bits per heavy atom. The molecule has 0 heterocycles. The summed E-state index contributed by atoms with van der Waals surface area (Å²) in [6.07, 6.45) is 7.14. The van der Waals surface area contributed by atoms with E-state index in [2.05, 4.69) is 6.92 Å². The van der Waals surface area contributed by atoms with Crippen molar-refractivity contribution in [2.24, 2.45) is 0 Å². The van der Waals surface area contributed by atoms with Crippen molar-refractivity contribution in [3.8, 4) is 0 Å². The number of carbonyl (C=O) groups excluding carboxylic acids is 1. The number of hydrogen-bond donors (Lipinski definition) is 0. The largest absolute Gasteiger partial charge is 0.465 e. The Hall–Kier alpha value is -1.35. The molecular weight excluding hydrogens is 264 g/mol. The summed E-state index contributed by atoms with van der Waals surface area (Å²) in [4.78, 5) is 12.2. The van der Waals surface area contributed by atoms with Crippen LogP contribution in [-0.2, 0) is 14.3 Å². The SMILES string of the molecule is CCCCCCCCOC(=O)C(COC)c1ccccc1. The summed E-state index contributed by atoms with van der Waals surface area (Å²) in [5, 5.41) is 0. The Balaban J connectivity index is 2.30. The van der Waals surface area contributed by atoms with Gasteiger partial charge in [-0.2, -0.15) is 0 Å². The van der Waals surface area contributed by atoms with E-state index in [0.29, 0.717) is 13.2 Å². The number of methoxy groups -OCH3 is 1. The zero-order chi connectivity index (χ0) is 15.3. The van der Waals surface area contributed by atoms with Crippen LogP contribution in [0.1, 0.15) is 56.9 Å². The molecule has 0 aliphatic carbocycles. The Labute approximate surface area is 128 Å². The van der Waals surface area contributed by atoms with Crippen molar-refractivity contribution in [3.05, 3.63) is 35.9 Å². The van der Waals surface area contributed by atoms with Crippen molar-refractivity contribution < 1.29 is 14.3 Å². The van der Waals surface area contributed by atoms with Crippen LogP contribution in [0.2, 0.25) is 0 Å². The average molecular weight is 292 g/mol. The van der Waals surface area contributed by atoms with E-state index < -0.39 is 0 Å². The van der Waals surface area contributed by atoms with E-state index in [4.69, 9.17) is 9.47 Å². The first kappa shape index (κ1) is 17.7. The Bertz CT molecular complexity index is 375. The predicted molar refractivity (Wildman–Crippen MR) is 85.4 cm³/mol. The van der Waals surface area contributed by atoms with Gasteiger partial charge in [-0.25, -0.2) is 0 Å². The molecule has 1 aromatic carbocycles. The van der Waals surface area contributed by atoms with Crippen LogP contribution in [-0.4, -0.2) is 26.3 Å². The molecule has 1 atom stereocenters. The molecule has 0 aliphatic heterocycles. The standard InChI is InChI=1S/C18H28O3/c1-3-4-5-6-7-11-14-21-18(19)17(15-20-2)16-12-9-8-10-13-16/h8-10,12-13,17H,3-7,11,14-15H2,1-2H3. The molecule has 0 saturated heterocycles. The highest BCUT2D eigenvalue weighted by Crippen LogP contribution is 2.18. The molecular formula is C18H28O3. The Morgan fingerprint density at radius 3 is 2.38 bits per heavy atom. The van der Waals surface area contributed by atoms with Gasteiger partial charge in [-0.3, -0.25) is 4.79 Å². The minimum absolute atomic E-state index is 0.184. The molecule has 0 aliphatic rings. The first-order chi connectivity index (χ1) is 10.3. The highest BCUT2D eigenvalue weighted by molar-refractivity contribution is 5.78. The summed E-state index contributed by atoms with van der Waals surface area (Å²) in [5.74, 6) is -0.507. The second-order valence-electron chi connectivity index (χ2n) is 5.35. The lowest BCUT2D eigenvalue weighted by Gasteiger charge is -2.15.